The Labute approximate surface area is 97.0 Å². The van der Waals surface area contributed by atoms with E-state index in [9.17, 15) is 0 Å². The lowest BCUT2D eigenvalue weighted by Gasteiger charge is -2.24. The fourth-order valence-corrected chi connectivity index (χ4v) is 2.00. The summed E-state index contributed by atoms with van der Waals surface area (Å²) in [6.07, 6.45) is 6.77. The zero-order valence-electron chi connectivity index (χ0n) is 10.0. The molecule has 0 atom stereocenters. The van der Waals surface area contributed by atoms with E-state index < -0.39 is 0 Å². The second-order valence-corrected chi connectivity index (χ2v) is 4.35. The number of nitrogens with one attached hydrogen (secondary N) is 1. The molecule has 1 aliphatic rings. The second kappa shape index (κ2) is 5.89. The number of anilines is 1. The van der Waals surface area contributed by atoms with Crippen LogP contribution in [0.5, 0.6) is 0 Å². The van der Waals surface area contributed by atoms with Gasteiger partial charge in [0.15, 0.2) is 0 Å². The number of hydrogen-bond acceptors (Lipinski definition) is 4. The highest BCUT2D eigenvalue weighted by Crippen LogP contribution is 2.18. The molecule has 0 amide bonds. The van der Waals surface area contributed by atoms with Crippen LogP contribution in [-0.2, 0) is 6.54 Å². The average Bonchev–Trinajstić information content (AvgIpc) is 2.79. The number of piperidine rings is 1. The molecule has 16 heavy (non-hydrogen) atoms. The molecule has 1 aliphatic heterocycles. The maximum absolute atomic E-state index is 5.51. The van der Waals surface area contributed by atoms with Crippen molar-refractivity contribution in [1.29, 1.82) is 0 Å². The molecule has 1 saturated heterocycles. The van der Waals surface area contributed by atoms with E-state index in [0.29, 0.717) is 0 Å². The van der Waals surface area contributed by atoms with Gasteiger partial charge in [0.05, 0.1) is 5.69 Å². The van der Waals surface area contributed by atoms with Crippen LogP contribution in [0.3, 0.4) is 0 Å². The van der Waals surface area contributed by atoms with Gasteiger partial charge in [0, 0.05) is 19.6 Å². The first-order valence-corrected chi connectivity index (χ1v) is 6.30. The number of nitrogens with zero attached hydrogens (tertiary/aromatic N) is 2. The van der Waals surface area contributed by atoms with Crippen LogP contribution in [0, 0.1) is 0 Å². The molecular formula is C12H21N3O. The van der Waals surface area contributed by atoms with E-state index in [0.717, 1.165) is 44.3 Å². The Morgan fingerprint density at radius 2 is 2.19 bits per heavy atom. The molecule has 0 aromatic carbocycles. The van der Waals surface area contributed by atoms with Gasteiger partial charge < -0.3 is 14.6 Å². The molecule has 2 rings (SSSR count). The lowest BCUT2D eigenvalue weighted by Crippen LogP contribution is -2.29. The smallest absolute Gasteiger partial charge is 0.297 e. The summed E-state index contributed by atoms with van der Waals surface area (Å²) in [5.41, 5.74) is 1.01. The molecule has 0 bridgehead atoms. The van der Waals surface area contributed by atoms with Gasteiger partial charge >= 0.3 is 0 Å². The molecule has 1 aromatic heterocycles. The Bertz CT molecular complexity index is 305. The number of hydrogen-bond donors (Lipinski definition) is 1. The molecule has 0 aliphatic carbocycles. The summed E-state index contributed by atoms with van der Waals surface area (Å²) >= 11 is 0. The minimum Gasteiger partial charge on any atom is -0.432 e. The highest BCUT2D eigenvalue weighted by Gasteiger charge is 2.15. The SMILES string of the molecule is CCCNCc1coc(N2CCCCC2)n1. The van der Waals surface area contributed by atoms with Crippen molar-refractivity contribution >= 4 is 6.01 Å². The summed E-state index contributed by atoms with van der Waals surface area (Å²) < 4.78 is 5.51. The van der Waals surface area contributed by atoms with Crippen molar-refractivity contribution in [2.45, 2.75) is 39.2 Å². The fraction of sp³-hybridized carbons (Fsp3) is 0.750. The van der Waals surface area contributed by atoms with Crippen LogP contribution in [0.15, 0.2) is 10.7 Å². The Kier molecular flexibility index (Phi) is 4.22. The third-order valence-corrected chi connectivity index (χ3v) is 2.90. The molecular weight excluding hydrogens is 202 g/mol. The Hall–Kier alpha value is -1.03. The maximum Gasteiger partial charge on any atom is 0.297 e. The van der Waals surface area contributed by atoms with Crippen molar-refractivity contribution < 1.29 is 4.42 Å². The Morgan fingerprint density at radius 3 is 2.94 bits per heavy atom. The molecule has 0 unspecified atom stereocenters. The zero-order chi connectivity index (χ0) is 11.2. The fourth-order valence-electron chi connectivity index (χ4n) is 2.00. The van der Waals surface area contributed by atoms with Gasteiger partial charge in [-0.15, -0.1) is 0 Å². The predicted molar refractivity (Wildman–Crippen MR) is 64.6 cm³/mol. The summed E-state index contributed by atoms with van der Waals surface area (Å²) in [7, 11) is 0. The molecule has 2 heterocycles. The Balaban J connectivity index is 1.85. The first kappa shape index (κ1) is 11.5. The van der Waals surface area contributed by atoms with Crippen LogP contribution in [-0.4, -0.2) is 24.6 Å². The van der Waals surface area contributed by atoms with Gasteiger partial charge in [-0.3, -0.25) is 0 Å². The van der Waals surface area contributed by atoms with Gasteiger partial charge in [-0.1, -0.05) is 6.92 Å². The van der Waals surface area contributed by atoms with Crippen LogP contribution < -0.4 is 10.2 Å². The quantitative estimate of drug-likeness (QED) is 0.777. The molecule has 0 radical (unpaired) electrons. The number of rotatable bonds is 5. The lowest BCUT2D eigenvalue weighted by molar-refractivity contribution is 0.491. The lowest BCUT2D eigenvalue weighted by atomic mass is 10.1. The average molecular weight is 223 g/mol. The monoisotopic (exact) mass is 223 g/mol. The second-order valence-electron chi connectivity index (χ2n) is 4.35. The minimum atomic E-state index is 0.799. The van der Waals surface area contributed by atoms with Gasteiger partial charge in [-0.2, -0.15) is 4.98 Å². The third-order valence-electron chi connectivity index (χ3n) is 2.90. The number of oxazole rings is 1. The highest BCUT2D eigenvalue weighted by molar-refractivity contribution is 5.27. The normalized spacial score (nSPS) is 16.7. The van der Waals surface area contributed by atoms with Crippen molar-refractivity contribution in [3.8, 4) is 0 Å². The maximum atomic E-state index is 5.51. The summed E-state index contributed by atoms with van der Waals surface area (Å²) in [5.74, 6) is 0. The van der Waals surface area contributed by atoms with Gasteiger partial charge in [-0.25, -0.2) is 0 Å². The molecule has 0 saturated carbocycles. The van der Waals surface area contributed by atoms with Crippen molar-refractivity contribution in [3.05, 3.63) is 12.0 Å². The van der Waals surface area contributed by atoms with Gasteiger partial charge in [0.25, 0.3) is 6.01 Å². The van der Waals surface area contributed by atoms with Crippen molar-refractivity contribution in [3.63, 3.8) is 0 Å². The van der Waals surface area contributed by atoms with Crippen LogP contribution in [0.2, 0.25) is 0 Å². The highest BCUT2D eigenvalue weighted by atomic mass is 16.4. The molecule has 4 heteroatoms. The predicted octanol–water partition coefficient (Wildman–Crippen LogP) is 2.16. The van der Waals surface area contributed by atoms with E-state index >= 15 is 0 Å². The van der Waals surface area contributed by atoms with Crippen molar-refractivity contribution in [2.24, 2.45) is 0 Å². The topological polar surface area (TPSA) is 41.3 Å². The largest absolute Gasteiger partial charge is 0.432 e. The van der Waals surface area contributed by atoms with Crippen LogP contribution in [0.25, 0.3) is 0 Å². The van der Waals surface area contributed by atoms with Crippen LogP contribution >= 0.6 is 0 Å². The summed E-state index contributed by atoms with van der Waals surface area (Å²) in [6, 6.07) is 0.799. The van der Waals surface area contributed by atoms with Crippen molar-refractivity contribution in [1.82, 2.24) is 10.3 Å². The van der Waals surface area contributed by atoms with E-state index in [1.807, 2.05) is 0 Å². The molecule has 1 aromatic rings. The first-order valence-electron chi connectivity index (χ1n) is 6.30. The molecule has 0 spiro atoms. The van der Waals surface area contributed by atoms with Crippen molar-refractivity contribution in [2.75, 3.05) is 24.5 Å². The standard InChI is InChI=1S/C12H21N3O/c1-2-6-13-9-11-10-16-12(14-11)15-7-4-3-5-8-15/h10,13H,2-9H2,1H3. The van der Waals surface area contributed by atoms with Gasteiger partial charge in [-0.05, 0) is 32.2 Å². The first-order chi connectivity index (χ1) is 7.90. The van der Waals surface area contributed by atoms with E-state index in [1.165, 1.54) is 19.3 Å². The van der Waals surface area contributed by atoms with E-state index in [2.05, 4.69) is 22.1 Å². The van der Waals surface area contributed by atoms with Gasteiger partial charge in [0.1, 0.15) is 6.26 Å². The Morgan fingerprint density at radius 1 is 1.38 bits per heavy atom. The molecule has 1 N–H and O–H groups in total. The molecule has 90 valence electrons. The van der Waals surface area contributed by atoms with Gasteiger partial charge in [0.2, 0.25) is 0 Å². The molecule has 4 nitrogen and oxygen atoms in total. The van der Waals surface area contributed by atoms with E-state index in [1.54, 1.807) is 6.26 Å². The van der Waals surface area contributed by atoms with Crippen LogP contribution in [0.4, 0.5) is 6.01 Å². The third kappa shape index (κ3) is 2.98. The number of aromatic nitrogens is 1. The zero-order valence-corrected chi connectivity index (χ0v) is 10.0. The molecule has 1 fully saturated rings. The summed E-state index contributed by atoms with van der Waals surface area (Å²) in [4.78, 5) is 6.75. The van der Waals surface area contributed by atoms with E-state index in [-0.39, 0.29) is 0 Å². The minimum absolute atomic E-state index is 0.799. The summed E-state index contributed by atoms with van der Waals surface area (Å²) in [6.45, 7) is 6.18. The van der Waals surface area contributed by atoms with Crippen LogP contribution in [0.1, 0.15) is 38.3 Å². The summed E-state index contributed by atoms with van der Waals surface area (Å²) in [5, 5.41) is 3.33. The van der Waals surface area contributed by atoms with E-state index in [4.69, 9.17) is 4.42 Å².